The molecule has 1 heterocycles. The Morgan fingerprint density at radius 3 is 2.65 bits per heavy atom. The van der Waals surface area contributed by atoms with Gasteiger partial charge in [-0.05, 0) is 31.0 Å². The molecule has 7 heteroatoms. The number of aromatic nitrogens is 3. The van der Waals surface area contributed by atoms with Gasteiger partial charge < -0.3 is 15.4 Å². The summed E-state index contributed by atoms with van der Waals surface area (Å²) in [5, 5.41) is 15.2. The molecule has 0 saturated carbocycles. The average Bonchev–Trinajstić information content (AvgIpc) is 2.65. The van der Waals surface area contributed by atoms with Gasteiger partial charge in [0.15, 0.2) is 5.82 Å². The Hall–Kier alpha value is -2.86. The zero-order valence-corrected chi connectivity index (χ0v) is 15.6. The van der Waals surface area contributed by atoms with Gasteiger partial charge in [-0.2, -0.15) is 10.1 Å². The van der Waals surface area contributed by atoms with Crippen LogP contribution in [0, 0.1) is 6.92 Å². The molecular formula is C19H20ClN5O. The van der Waals surface area contributed by atoms with Gasteiger partial charge in [-0.15, -0.1) is 5.10 Å². The molecule has 6 nitrogen and oxygen atoms in total. The first kappa shape index (κ1) is 17.9. The third-order valence-electron chi connectivity index (χ3n) is 3.95. The predicted octanol–water partition coefficient (Wildman–Crippen LogP) is 4.76. The highest BCUT2D eigenvalue weighted by Gasteiger charge is 2.11. The molecule has 26 heavy (non-hydrogen) atoms. The third kappa shape index (κ3) is 4.21. The summed E-state index contributed by atoms with van der Waals surface area (Å²) in [6, 6.07) is 13.8. The van der Waals surface area contributed by atoms with Crippen LogP contribution in [0.5, 0.6) is 5.75 Å². The molecule has 0 radical (unpaired) electrons. The molecule has 0 aliphatic rings. The molecule has 0 amide bonds. The minimum atomic E-state index is 0.0561. The molecule has 2 aromatic carbocycles. The monoisotopic (exact) mass is 369 g/mol. The molecule has 3 aromatic rings. The Bertz CT molecular complexity index is 888. The first-order chi connectivity index (χ1) is 12.6. The Labute approximate surface area is 157 Å². The smallest absolute Gasteiger partial charge is 0.245 e. The van der Waals surface area contributed by atoms with E-state index >= 15 is 0 Å². The maximum Gasteiger partial charge on any atom is 0.245 e. The molecular weight excluding hydrogens is 350 g/mol. The lowest BCUT2D eigenvalue weighted by molar-refractivity contribution is 0.416. The van der Waals surface area contributed by atoms with E-state index in [1.165, 1.54) is 0 Å². The highest BCUT2D eigenvalue weighted by molar-refractivity contribution is 6.31. The molecule has 0 spiro atoms. The Morgan fingerprint density at radius 2 is 1.92 bits per heavy atom. The minimum absolute atomic E-state index is 0.0561. The van der Waals surface area contributed by atoms with Gasteiger partial charge in [0, 0.05) is 11.1 Å². The van der Waals surface area contributed by atoms with Gasteiger partial charge in [0.2, 0.25) is 5.95 Å². The first-order valence-corrected chi connectivity index (χ1v) is 8.57. The van der Waals surface area contributed by atoms with E-state index in [2.05, 4.69) is 37.9 Å². The summed E-state index contributed by atoms with van der Waals surface area (Å²) in [6.45, 7) is 3.98. The van der Waals surface area contributed by atoms with Crippen molar-refractivity contribution in [3.8, 4) is 5.75 Å². The molecule has 3 rings (SSSR count). The second kappa shape index (κ2) is 8.01. The van der Waals surface area contributed by atoms with Gasteiger partial charge in [-0.25, -0.2) is 0 Å². The van der Waals surface area contributed by atoms with Gasteiger partial charge in [-0.1, -0.05) is 41.9 Å². The van der Waals surface area contributed by atoms with E-state index in [4.69, 9.17) is 16.3 Å². The predicted molar refractivity (Wildman–Crippen MR) is 104 cm³/mol. The maximum absolute atomic E-state index is 6.15. The summed E-state index contributed by atoms with van der Waals surface area (Å²) in [5.41, 5.74) is 2.84. The molecule has 0 saturated heterocycles. The van der Waals surface area contributed by atoms with Crippen molar-refractivity contribution in [3.05, 3.63) is 64.8 Å². The topological polar surface area (TPSA) is 72.0 Å². The van der Waals surface area contributed by atoms with Crippen molar-refractivity contribution in [1.29, 1.82) is 0 Å². The number of nitrogens with zero attached hydrogens (tertiary/aromatic N) is 3. The highest BCUT2D eigenvalue weighted by atomic mass is 35.5. The number of benzene rings is 2. The zero-order valence-electron chi connectivity index (χ0n) is 14.8. The fourth-order valence-electron chi connectivity index (χ4n) is 2.51. The van der Waals surface area contributed by atoms with Crippen LogP contribution in [0.3, 0.4) is 0 Å². The summed E-state index contributed by atoms with van der Waals surface area (Å²) in [6.07, 6.45) is 1.56. The summed E-state index contributed by atoms with van der Waals surface area (Å²) in [5.74, 6) is 1.63. The van der Waals surface area contributed by atoms with Crippen LogP contribution in [0.2, 0.25) is 5.02 Å². The summed E-state index contributed by atoms with van der Waals surface area (Å²) in [4.78, 5) is 4.48. The van der Waals surface area contributed by atoms with Crippen molar-refractivity contribution < 1.29 is 4.74 Å². The lowest BCUT2D eigenvalue weighted by Gasteiger charge is -2.15. The summed E-state index contributed by atoms with van der Waals surface area (Å²) in [7, 11) is 1.60. The number of aryl methyl sites for hydroxylation is 1. The van der Waals surface area contributed by atoms with Crippen LogP contribution in [0.25, 0.3) is 0 Å². The maximum atomic E-state index is 6.15. The standard InChI is InChI=1S/C19H20ClN5O/c1-12-9-16(17(26-3)10-15(12)20)23-18-11-21-25-19(24-18)22-13(2)14-7-5-4-6-8-14/h4-11,13H,1-3H3,(H2,22,23,24,25). The van der Waals surface area contributed by atoms with Crippen molar-refractivity contribution in [1.82, 2.24) is 15.2 Å². The number of hydrogen-bond donors (Lipinski definition) is 2. The van der Waals surface area contributed by atoms with Crippen LogP contribution in [0.1, 0.15) is 24.1 Å². The molecule has 0 fully saturated rings. The molecule has 134 valence electrons. The second-order valence-electron chi connectivity index (χ2n) is 5.87. The SMILES string of the molecule is COc1cc(Cl)c(C)cc1Nc1cnnc(NC(C)c2ccccc2)n1. The van der Waals surface area contributed by atoms with E-state index < -0.39 is 0 Å². The molecule has 1 atom stereocenters. The highest BCUT2D eigenvalue weighted by Crippen LogP contribution is 2.32. The number of rotatable bonds is 6. The van der Waals surface area contributed by atoms with E-state index in [-0.39, 0.29) is 6.04 Å². The van der Waals surface area contributed by atoms with Crippen molar-refractivity contribution >= 4 is 29.1 Å². The van der Waals surface area contributed by atoms with E-state index in [1.807, 2.05) is 38.1 Å². The van der Waals surface area contributed by atoms with Crippen LogP contribution in [0.15, 0.2) is 48.7 Å². The van der Waals surface area contributed by atoms with Crippen molar-refractivity contribution in [2.75, 3.05) is 17.7 Å². The van der Waals surface area contributed by atoms with Crippen LogP contribution in [0.4, 0.5) is 17.5 Å². The van der Waals surface area contributed by atoms with Crippen molar-refractivity contribution in [2.45, 2.75) is 19.9 Å². The van der Waals surface area contributed by atoms with E-state index in [9.17, 15) is 0 Å². The number of halogens is 1. The van der Waals surface area contributed by atoms with Crippen molar-refractivity contribution in [2.24, 2.45) is 0 Å². The fourth-order valence-corrected chi connectivity index (χ4v) is 2.67. The Kier molecular flexibility index (Phi) is 5.53. The molecule has 0 bridgehead atoms. The number of methoxy groups -OCH3 is 1. The van der Waals surface area contributed by atoms with E-state index in [1.54, 1.807) is 19.4 Å². The van der Waals surface area contributed by atoms with Crippen LogP contribution >= 0.6 is 11.6 Å². The lowest BCUT2D eigenvalue weighted by Crippen LogP contribution is -2.11. The molecule has 0 aliphatic carbocycles. The van der Waals surface area contributed by atoms with Crippen molar-refractivity contribution in [3.63, 3.8) is 0 Å². The molecule has 1 unspecified atom stereocenters. The lowest BCUT2D eigenvalue weighted by atomic mass is 10.1. The van der Waals surface area contributed by atoms with E-state index in [0.717, 1.165) is 16.8 Å². The second-order valence-corrected chi connectivity index (χ2v) is 6.28. The van der Waals surface area contributed by atoms with Crippen LogP contribution < -0.4 is 15.4 Å². The van der Waals surface area contributed by atoms with Gasteiger partial charge in [0.25, 0.3) is 0 Å². The van der Waals surface area contributed by atoms with Gasteiger partial charge in [-0.3, -0.25) is 0 Å². The first-order valence-electron chi connectivity index (χ1n) is 8.19. The number of anilines is 3. The third-order valence-corrected chi connectivity index (χ3v) is 4.35. The minimum Gasteiger partial charge on any atom is -0.495 e. The van der Waals surface area contributed by atoms with Gasteiger partial charge in [0.05, 0.1) is 25.0 Å². The van der Waals surface area contributed by atoms with Gasteiger partial charge in [0.1, 0.15) is 5.75 Å². The normalized spacial score (nSPS) is 11.7. The number of hydrogen-bond acceptors (Lipinski definition) is 6. The van der Waals surface area contributed by atoms with Crippen LogP contribution in [-0.4, -0.2) is 22.3 Å². The average molecular weight is 370 g/mol. The number of nitrogens with one attached hydrogen (secondary N) is 2. The summed E-state index contributed by atoms with van der Waals surface area (Å²) < 4.78 is 5.38. The number of ether oxygens (including phenoxy) is 1. The fraction of sp³-hybridized carbons (Fsp3) is 0.211. The Balaban J connectivity index is 1.79. The Morgan fingerprint density at radius 1 is 1.15 bits per heavy atom. The van der Waals surface area contributed by atoms with E-state index in [0.29, 0.717) is 22.5 Å². The summed E-state index contributed by atoms with van der Waals surface area (Å²) >= 11 is 6.15. The zero-order chi connectivity index (χ0) is 18.5. The van der Waals surface area contributed by atoms with Crippen LogP contribution in [-0.2, 0) is 0 Å². The largest absolute Gasteiger partial charge is 0.495 e. The molecule has 1 aromatic heterocycles. The molecule has 2 N–H and O–H groups in total. The van der Waals surface area contributed by atoms with Gasteiger partial charge >= 0.3 is 0 Å². The quantitative estimate of drug-likeness (QED) is 0.652. The molecule has 0 aliphatic heterocycles.